The molecule has 38 heavy (non-hydrogen) atoms. The highest BCUT2D eigenvalue weighted by Crippen LogP contribution is 2.50. The van der Waals surface area contributed by atoms with E-state index in [4.69, 9.17) is 9.47 Å². The molecule has 2 N–H and O–H groups in total. The van der Waals surface area contributed by atoms with Crippen molar-refractivity contribution in [1.82, 2.24) is 9.29 Å². The first-order chi connectivity index (χ1) is 18.3. The molecule has 10 heteroatoms. The third kappa shape index (κ3) is 4.75. The number of aromatic nitrogens is 1. The van der Waals surface area contributed by atoms with Crippen molar-refractivity contribution in [3.8, 4) is 22.8 Å². The molecule has 0 bridgehead atoms. The van der Waals surface area contributed by atoms with Crippen molar-refractivity contribution in [3.63, 3.8) is 0 Å². The molecule has 2 aliphatic rings. The van der Waals surface area contributed by atoms with Crippen LogP contribution in [0.25, 0.3) is 11.3 Å². The first kappa shape index (κ1) is 26.1. The molecule has 204 valence electrons. The Morgan fingerprint density at radius 2 is 1.84 bits per heavy atom. The molecule has 1 aliphatic carbocycles. The summed E-state index contributed by atoms with van der Waals surface area (Å²) in [6.45, 7) is 0.219. The molecule has 0 radical (unpaired) electrons. The molecule has 2 aromatic carbocycles. The number of nitrogens with zero attached hydrogens (tertiary/aromatic N) is 2. The van der Waals surface area contributed by atoms with E-state index in [-0.39, 0.29) is 26.3 Å². The highest BCUT2D eigenvalue weighted by atomic mass is 32.2. The molecule has 1 aromatic heterocycles. The molecule has 0 unspecified atom stereocenters. The second kappa shape index (κ2) is 10.4. The van der Waals surface area contributed by atoms with Crippen LogP contribution in [0.5, 0.6) is 11.5 Å². The Labute approximate surface area is 225 Å². The predicted octanol–water partition coefficient (Wildman–Crippen LogP) is 4.07. The Balaban J connectivity index is 0.00000220. The molecule has 5 rings (SSSR count). The summed E-state index contributed by atoms with van der Waals surface area (Å²) in [5.74, 6) is 1.46. The second-order valence-corrected chi connectivity index (χ2v) is 11.5. The number of hydrogen-bond donors (Lipinski definition) is 2. The van der Waals surface area contributed by atoms with E-state index in [2.05, 4.69) is 10.3 Å². The monoisotopic (exact) mass is 541 g/mol. The average Bonchev–Trinajstić information content (AvgIpc) is 3.62. The number of ether oxygens (including phenoxy) is 2. The molecular formula is C28H35N3O6S. The first-order valence-corrected chi connectivity index (χ1v) is 14.0. The largest absolute Gasteiger partial charge is 0.493 e. The number of benzene rings is 2. The zero-order valence-electron chi connectivity index (χ0n) is 21.4. The van der Waals surface area contributed by atoms with Gasteiger partial charge in [0.15, 0.2) is 11.5 Å². The Hall–Kier alpha value is -3.47. The van der Waals surface area contributed by atoms with E-state index in [1.807, 2.05) is 18.2 Å². The summed E-state index contributed by atoms with van der Waals surface area (Å²) in [6, 6.07) is 17.0. The quantitative estimate of drug-likeness (QED) is 0.419. The van der Waals surface area contributed by atoms with Crippen molar-refractivity contribution >= 4 is 21.7 Å². The number of pyridine rings is 1. The summed E-state index contributed by atoms with van der Waals surface area (Å²) in [6.07, 6.45) is 2.83. The minimum Gasteiger partial charge on any atom is -0.493 e. The van der Waals surface area contributed by atoms with Crippen LogP contribution in [-0.2, 0) is 20.2 Å². The molecule has 9 nitrogen and oxygen atoms in total. The summed E-state index contributed by atoms with van der Waals surface area (Å²) in [5.41, 5.74) is 1.55. The standard InChI is InChI=1S/C28H31N3O6S.2H2/c1-36-24-13-10-20(17-25(24)37-2)28(14-15-28)27(33)30-26-7-3-6-23(29-26)19-8-11-22(12-9-19)38(34,35)31-16-4-5-21(31)18-32;;/h3,6-13,17,21,32H,4-5,14-16,18H2,1-2H3,(H,29,30,33);2*1H/t21-;;/m1../s1. The zero-order chi connectivity index (χ0) is 26.9. The zero-order valence-corrected chi connectivity index (χ0v) is 22.2. The summed E-state index contributed by atoms with van der Waals surface area (Å²) >= 11 is 0. The van der Waals surface area contributed by atoms with Gasteiger partial charge in [-0.25, -0.2) is 13.4 Å². The van der Waals surface area contributed by atoms with Crippen LogP contribution in [0.4, 0.5) is 5.82 Å². The number of amides is 1. The lowest BCUT2D eigenvalue weighted by molar-refractivity contribution is -0.118. The van der Waals surface area contributed by atoms with Crippen LogP contribution in [-0.4, -0.2) is 62.1 Å². The van der Waals surface area contributed by atoms with E-state index >= 15 is 0 Å². The van der Waals surface area contributed by atoms with Gasteiger partial charge in [-0.05, 0) is 67.6 Å². The van der Waals surface area contributed by atoms with Gasteiger partial charge in [-0.15, -0.1) is 0 Å². The molecule has 1 saturated heterocycles. The number of sulfonamides is 1. The maximum atomic E-state index is 13.3. The third-order valence-corrected chi connectivity index (χ3v) is 9.37. The van der Waals surface area contributed by atoms with Crippen LogP contribution in [0.15, 0.2) is 65.6 Å². The number of rotatable bonds is 9. The minimum atomic E-state index is -3.69. The van der Waals surface area contributed by atoms with Crippen LogP contribution in [0.2, 0.25) is 0 Å². The van der Waals surface area contributed by atoms with Gasteiger partial charge in [-0.2, -0.15) is 4.31 Å². The van der Waals surface area contributed by atoms with E-state index in [1.54, 1.807) is 56.7 Å². The highest BCUT2D eigenvalue weighted by molar-refractivity contribution is 7.89. The lowest BCUT2D eigenvalue weighted by Crippen LogP contribution is -2.37. The SMILES string of the molecule is COc1ccc(C2(C(=O)Nc3cccc(-c4ccc(S(=O)(=O)N5CCC[C@@H]5CO)cc4)n3)CC2)cc1OC.[HH].[HH]. The number of hydrogen-bond acceptors (Lipinski definition) is 7. The Morgan fingerprint density at radius 1 is 1.11 bits per heavy atom. The lowest BCUT2D eigenvalue weighted by Gasteiger charge is -2.22. The van der Waals surface area contributed by atoms with Crippen molar-refractivity contribution in [1.29, 1.82) is 0 Å². The van der Waals surface area contributed by atoms with E-state index in [1.165, 1.54) is 4.31 Å². The molecule has 0 spiro atoms. The van der Waals surface area contributed by atoms with E-state index in [9.17, 15) is 18.3 Å². The van der Waals surface area contributed by atoms with Gasteiger partial charge in [0.05, 0.1) is 36.8 Å². The van der Waals surface area contributed by atoms with Gasteiger partial charge >= 0.3 is 0 Å². The average molecular weight is 542 g/mol. The molecule has 1 aliphatic heterocycles. The van der Waals surface area contributed by atoms with Crippen LogP contribution < -0.4 is 14.8 Å². The summed E-state index contributed by atoms with van der Waals surface area (Å²) in [5, 5.41) is 12.5. The Kier molecular flexibility index (Phi) is 7.13. The van der Waals surface area contributed by atoms with Crippen molar-refractivity contribution in [3.05, 3.63) is 66.2 Å². The van der Waals surface area contributed by atoms with Gasteiger partial charge in [-0.1, -0.05) is 24.3 Å². The van der Waals surface area contributed by atoms with Gasteiger partial charge in [0.2, 0.25) is 15.9 Å². The Bertz CT molecular complexity index is 1450. The molecule has 2 fully saturated rings. The van der Waals surface area contributed by atoms with Crippen molar-refractivity contribution < 1.29 is 30.6 Å². The first-order valence-electron chi connectivity index (χ1n) is 12.6. The van der Waals surface area contributed by atoms with Crippen molar-refractivity contribution in [2.75, 3.05) is 32.7 Å². The number of anilines is 1. The van der Waals surface area contributed by atoms with E-state index in [0.717, 1.165) is 30.4 Å². The maximum absolute atomic E-state index is 13.3. The van der Waals surface area contributed by atoms with Crippen LogP contribution in [0.1, 0.15) is 34.1 Å². The van der Waals surface area contributed by atoms with Gasteiger partial charge in [0.25, 0.3) is 0 Å². The number of methoxy groups -OCH3 is 2. The fourth-order valence-electron chi connectivity index (χ4n) is 5.05. The summed E-state index contributed by atoms with van der Waals surface area (Å²) < 4.78 is 38.2. The number of aliphatic hydroxyl groups is 1. The van der Waals surface area contributed by atoms with E-state index < -0.39 is 15.4 Å². The highest BCUT2D eigenvalue weighted by Gasteiger charge is 2.51. The summed E-state index contributed by atoms with van der Waals surface area (Å²) in [4.78, 5) is 18.1. The smallest absolute Gasteiger partial charge is 0.243 e. The molecule has 2 heterocycles. The van der Waals surface area contributed by atoms with Crippen molar-refractivity contribution in [2.24, 2.45) is 0 Å². The maximum Gasteiger partial charge on any atom is 0.243 e. The fourth-order valence-corrected chi connectivity index (χ4v) is 6.73. The van der Waals surface area contributed by atoms with Gasteiger partial charge in [-0.3, -0.25) is 4.79 Å². The summed E-state index contributed by atoms with van der Waals surface area (Å²) in [7, 11) is -0.551. The van der Waals surface area contributed by atoms with E-state index in [0.29, 0.717) is 36.0 Å². The molecule has 1 amide bonds. The molecule has 1 atom stereocenters. The number of nitrogens with one attached hydrogen (secondary N) is 1. The molecular weight excluding hydrogens is 506 g/mol. The normalized spacial score (nSPS) is 18.7. The molecule has 1 saturated carbocycles. The third-order valence-electron chi connectivity index (χ3n) is 7.40. The van der Waals surface area contributed by atoms with Gasteiger partial charge < -0.3 is 19.9 Å². The fraction of sp³-hybridized carbons (Fsp3) is 0.357. The van der Waals surface area contributed by atoms with Crippen LogP contribution in [0, 0.1) is 0 Å². The van der Waals surface area contributed by atoms with Crippen molar-refractivity contribution in [2.45, 2.75) is 42.0 Å². The van der Waals surface area contributed by atoms with Crippen LogP contribution in [0.3, 0.4) is 0 Å². The number of aliphatic hydroxyl groups excluding tert-OH is 1. The van der Waals surface area contributed by atoms with Gasteiger partial charge in [0.1, 0.15) is 5.82 Å². The number of carbonyl (C=O) groups is 1. The minimum absolute atomic E-state index is 0. The Morgan fingerprint density at radius 3 is 2.50 bits per heavy atom. The lowest BCUT2D eigenvalue weighted by atomic mass is 9.94. The van der Waals surface area contributed by atoms with Gasteiger partial charge in [0, 0.05) is 21.0 Å². The predicted molar refractivity (Wildman–Crippen MR) is 147 cm³/mol. The molecule has 3 aromatic rings. The topological polar surface area (TPSA) is 118 Å². The van der Waals surface area contributed by atoms with Crippen LogP contribution >= 0.6 is 0 Å². The second-order valence-electron chi connectivity index (χ2n) is 9.63. The number of carbonyl (C=O) groups excluding carboxylic acids is 1.